The molecule has 1 aromatic rings. The lowest BCUT2D eigenvalue weighted by molar-refractivity contribution is -0.386. The van der Waals surface area contributed by atoms with Gasteiger partial charge in [0.2, 0.25) is 5.78 Å². The van der Waals surface area contributed by atoms with Crippen LogP contribution in [0.15, 0.2) is 28.7 Å². The number of carbonyl (C=O) groups excluding carboxylic acids is 3. The second-order valence-electron chi connectivity index (χ2n) is 11.6. The molecular formula is C26H31N3O10. The van der Waals surface area contributed by atoms with Crippen molar-refractivity contribution >= 4 is 23.2 Å². The van der Waals surface area contributed by atoms with E-state index in [0.717, 1.165) is 0 Å². The normalized spacial score (nSPS) is 30.7. The Balaban J connectivity index is 2.12. The summed E-state index contributed by atoms with van der Waals surface area (Å²) in [6.07, 6.45) is -1.84. The van der Waals surface area contributed by atoms with E-state index in [4.69, 9.17) is 5.73 Å². The Bertz CT molecular complexity index is 1420. The molecule has 0 unspecified atom stereocenters. The van der Waals surface area contributed by atoms with Crippen molar-refractivity contribution in [1.29, 1.82) is 0 Å². The van der Waals surface area contributed by atoms with Gasteiger partial charge in [0.25, 0.3) is 11.6 Å². The van der Waals surface area contributed by atoms with E-state index in [2.05, 4.69) is 0 Å². The Kier molecular flexibility index (Phi) is 6.22. The number of carbonyl (C=O) groups is 3. The van der Waals surface area contributed by atoms with Gasteiger partial charge in [0.1, 0.15) is 22.8 Å². The predicted molar refractivity (Wildman–Crippen MR) is 135 cm³/mol. The second-order valence-corrected chi connectivity index (χ2v) is 11.6. The summed E-state index contributed by atoms with van der Waals surface area (Å²) >= 11 is 0. The fourth-order valence-corrected chi connectivity index (χ4v) is 6.47. The Labute approximate surface area is 223 Å². The molecule has 0 saturated carbocycles. The van der Waals surface area contributed by atoms with Crippen molar-refractivity contribution in [2.24, 2.45) is 17.6 Å². The highest BCUT2D eigenvalue weighted by Crippen LogP contribution is 2.57. The molecule has 0 radical (unpaired) electrons. The summed E-state index contributed by atoms with van der Waals surface area (Å²) in [6, 6.07) is -0.261. The third kappa shape index (κ3) is 3.53. The molecule has 6 atom stereocenters. The SMILES string of the molecule is C[C@@H]1c2c([N+](=O)[O-])cc(C(C)(C)C)c(O)c2C(=O)C2=C(O)[C@@]3(O)C(=O)C(C(N)=O)=C(O)[C@H](N(C)C)[C@H]3[C@H](O)[C@H]21. The highest BCUT2D eigenvalue weighted by Gasteiger charge is 2.67. The molecule has 0 fully saturated rings. The maximum absolute atomic E-state index is 13.9. The molecule has 0 saturated heterocycles. The number of nitrogens with zero attached hydrogens (tertiary/aromatic N) is 2. The van der Waals surface area contributed by atoms with Gasteiger partial charge in [-0.1, -0.05) is 27.7 Å². The van der Waals surface area contributed by atoms with Crippen LogP contribution in [0.5, 0.6) is 5.75 Å². The monoisotopic (exact) mass is 545 g/mol. The number of fused-ring (bicyclic) bond motifs is 3. The van der Waals surface area contributed by atoms with Gasteiger partial charge in [-0.2, -0.15) is 0 Å². The summed E-state index contributed by atoms with van der Waals surface area (Å²) in [5.41, 5.74) is -1.32. The third-order valence-electron chi connectivity index (χ3n) is 8.21. The highest BCUT2D eigenvalue weighted by molar-refractivity contribution is 6.25. The minimum absolute atomic E-state index is 0.0743. The number of nitrogens with two attached hydrogens (primary N) is 1. The molecule has 1 aromatic carbocycles. The van der Waals surface area contributed by atoms with Crippen molar-refractivity contribution in [1.82, 2.24) is 4.90 Å². The van der Waals surface area contributed by atoms with Gasteiger partial charge >= 0.3 is 0 Å². The topological polar surface area (TPSA) is 225 Å². The Hall–Kier alpha value is -3.81. The Morgan fingerprint density at radius 2 is 1.74 bits per heavy atom. The van der Waals surface area contributed by atoms with Crippen molar-refractivity contribution in [3.05, 3.63) is 55.5 Å². The summed E-state index contributed by atoms with van der Waals surface area (Å²) in [6.45, 7) is 6.44. The fraction of sp³-hybridized carbons (Fsp3) is 0.500. The predicted octanol–water partition coefficient (Wildman–Crippen LogP) is 0.858. The van der Waals surface area contributed by atoms with Gasteiger partial charge in [-0.15, -0.1) is 0 Å². The summed E-state index contributed by atoms with van der Waals surface area (Å²) < 4.78 is 0. The number of benzene rings is 1. The molecule has 39 heavy (non-hydrogen) atoms. The van der Waals surface area contributed by atoms with Crippen molar-refractivity contribution in [2.75, 3.05) is 14.1 Å². The average Bonchev–Trinajstić information content (AvgIpc) is 2.79. The maximum atomic E-state index is 13.9. The zero-order chi connectivity index (χ0) is 29.7. The summed E-state index contributed by atoms with van der Waals surface area (Å²) in [5, 5.41) is 68.9. The maximum Gasteiger partial charge on any atom is 0.274 e. The quantitative estimate of drug-likeness (QED) is 0.177. The number of amides is 1. The third-order valence-corrected chi connectivity index (χ3v) is 8.21. The van der Waals surface area contributed by atoms with Crippen LogP contribution < -0.4 is 5.73 Å². The molecule has 4 rings (SSSR count). The summed E-state index contributed by atoms with van der Waals surface area (Å²) in [5.74, 6) is -10.8. The minimum atomic E-state index is -3.06. The molecule has 1 amide bonds. The van der Waals surface area contributed by atoms with E-state index in [9.17, 15) is 50.0 Å². The minimum Gasteiger partial charge on any atom is -0.510 e. The molecule has 13 heteroatoms. The van der Waals surface area contributed by atoms with Gasteiger partial charge < -0.3 is 31.3 Å². The van der Waals surface area contributed by atoms with Gasteiger partial charge in [0.15, 0.2) is 11.4 Å². The van der Waals surface area contributed by atoms with Gasteiger partial charge in [0, 0.05) is 28.7 Å². The number of primary amides is 1. The molecule has 0 spiro atoms. The first kappa shape index (κ1) is 28.2. The number of hydrogen-bond acceptors (Lipinski definition) is 11. The number of likely N-dealkylation sites (N-methyl/N-ethyl adjacent to an activating group) is 1. The number of aliphatic hydroxyl groups excluding tert-OH is 3. The largest absolute Gasteiger partial charge is 0.510 e. The summed E-state index contributed by atoms with van der Waals surface area (Å²) in [4.78, 5) is 52.2. The molecule has 13 nitrogen and oxygen atoms in total. The lowest BCUT2D eigenvalue weighted by Gasteiger charge is -2.53. The van der Waals surface area contributed by atoms with Gasteiger partial charge in [-0.3, -0.25) is 29.4 Å². The van der Waals surface area contributed by atoms with Gasteiger partial charge in [-0.25, -0.2) is 0 Å². The first-order chi connectivity index (χ1) is 17.8. The van der Waals surface area contributed by atoms with E-state index in [1.165, 1.54) is 32.0 Å². The van der Waals surface area contributed by atoms with Crippen molar-refractivity contribution < 1.29 is 44.8 Å². The number of Topliss-reactive ketones (excluding diaryl/α,β-unsaturated/α-hetero) is 2. The van der Waals surface area contributed by atoms with Crippen LogP contribution in [-0.4, -0.2) is 84.7 Å². The smallest absolute Gasteiger partial charge is 0.274 e. The molecule has 3 aliphatic carbocycles. The van der Waals surface area contributed by atoms with Crippen LogP contribution >= 0.6 is 0 Å². The van der Waals surface area contributed by atoms with Crippen LogP contribution in [0.1, 0.15) is 55.1 Å². The number of nitro groups is 1. The van der Waals surface area contributed by atoms with E-state index in [1.807, 2.05) is 0 Å². The number of phenolic OH excluding ortho intramolecular Hbond substituents is 1. The molecule has 0 heterocycles. The van der Waals surface area contributed by atoms with Crippen LogP contribution in [0.4, 0.5) is 5.69 Å². The second kappa shape index (κ2) is 8.60. The first-order valence-corrected chi connectivity index (χ1v) is 12.2. The van der Waals surface area contributed by atoms with E-state index < -0.39 is 103 Å². The van der Waals surface area contributed by atoms with Crippen LogP contribution in [0, 0.1) is 22.0 Å². The molecule has 210 valence electrons. The molecule has 3 aliphatic rings. The number of aliphatic hydroxyl groups is 4. The lowest BCUT2D eigenvalue weighted by Crippen LogP contribution is -2.68. The fourth-order valence-electron chi connectivity index (χ4n) is 6.47. The lowest BCUT2D eigenvalue weighted by atomic mass is 9.55. The molecule has 0 aromatic heterocycles. The average molecular weight is 546 g/mol. The summed E-state index contributed by atoms with van der Waals surface area (Å²) in [7, 11) is 2.83. The van der Waals surface area contributed by atoms with E-state index in [0.29, 0.717) is 0 Å². The number of nitro benzene ring substituents is 1. The Morgan fingerprint density at radius 1 is 1.18 bits per heavy atom. The zero-order valence-electron chi connectivity index (χ0n) is 22.2. The van der Waals surface area contributed by atoms with Crippen molar-refractivity contribution in [2.45, 2.75) is 56.8 Å². The zero-order valence-corrected chi connectivity index (χ0v) is 22.2. The first-order valence-electron chi connectivity index (χ1n) is 12.2. The molecule has 7 N–H and O–H groups in total. The molecular weight excluding hydrogens is 514 g/mol. The number of phenols is 1. The molecule has 0 aliphatic heterocycles. The molecule has 0 bridgehead atoms. The van der Waals surface area contributed by atoms with Crippen LogP contribution in [0.25, 0.3) is 0 Å². The van der Waals surface area contributed by atoms with E-state index in [1.54, 1.807) is 20.8 Å². The number of ketones is 2. The van der Waals surface area contributed by atoms with Crippen molar-refractivity contribution in [3.63, 3.8) is 0 Å². The van der Waals surface area contributed by atoms with Gasteiger partial charge in [0.05, 0.1) is 28.6 Å². The number of hydrogen-bond donors (Lipinski definition) is 6. The van der Waals surface area contributed by atoms with Gasteiger partial charge in [-0.05, 0) is 25.4 Å². The van der Waals surface area contributed by atoms with Crippen LogP contribution in [-0.2, 0) is 15.0 Å². The Morgan fingerprint density at radius 3 is 2.21 bits per heavy atom. The van der Waals surface area contributed by atoms with E-state index >= 15 is 0 Å². The standard InChI is InChI=1S/C26H31N3O10/c1-8-11-10(29(38)39)7-9(25(2,3)4)18(30)13(11)19(31)14-12(8)20(32)16-17(28(5)6)21(33)15(24(27)36)23(35)26(16,37)22(14)34/h7-8,12,16-17,20,30,32-34,37H,1-6H3,(H2,27,36)/t8-,12+,16+,17-,20-,26-/m1/s1. The number of rotatable bonds is 3. The van der Waals surface area contributed by atoms with Crippen LogP contribution in [0.3, 0.4) is 0 Å². The van der Waals surface area contributed by atoms with E-state index in [-0.39, 0.29) is 11.1 Å². The van der Waals surface area contributed by atoms with Crippen LogP contribution in [0.2, 0.25) is 0 Å². The van der Waals surface area contributed by atoms with Crippen molar-refractivity contribution in [3.8, 4) is 5.75 Å². The number of aromatic hydroxyl groups is 1. The highest BCUT2D eigenvalue weighted by atomic mass is 16.6.